The van der Waals surface area contributed by atoms with E-state index >= 15 is 0 Å². The van der Waals surface area contributed by atoms with Crippen molar-refractivity contribution in [1.82, 2.24) is 5.32 Å². The Labute approximate surface area is 176 Å². The number of halogens is 3. The molecule has 1 aliphatic heterocycles. The summed E-state index contributed by atoms with van der Waals surface area (Å²) >= 11 is 12.1. The van der Waals surface area contributed by atoms with Gasteiger partial charge < -0.3 is 11.1 Å². The minimum Gasteiger partial charge on any atom is -0.370 e. The van der Waals surface area contributed by atoms with E-state index in [1.807, 2.05) is 13.0 Å². The molecule has 1 aliphatic rings. The molecule has 0 radical (unpaired) electrons. The second kappa shape index (κ2) is 10.2. The van der Waals surface area contributed by atoms with E-state index in [0.717, 1.165) is 24.8 Å². The van der Waals surface area contributed by atoms with Crippen LogP contribution in [0.2, 0.25) is 10.0 Å². The Hall–Kier alpha value is -0.250. The number of benzene rings is 1. The van der Waals surface area contributed by atoms with Gasteiger partial charge in [0, 0.05) is 16.6 Å². The highest BCUT2D eigenvalue weighted by Crippen LogP contribution is 2.26. The summed E-state index contributed by atoms with van der Waals surface area (Å²) < 4.78 is 22.8. The lowest BCUT2D eigenvalue weighted by atomic mass is 9.99. The van der Waals surface area contributed by atoms with Crippen LogP contribution >= 0.6 is 47.2 Å². The number of rotatable bonds is 5. The predicted molar refractivity (Wildman–Crippen MR) is 116 cm³/mol. The third-order valence-electron chi connectivity index (χ3n) is 4.29. The van der Waals surface area contributed by atoms with Gasteiger partial charge >= 0.3 is 0 Å². The Morgan fingerprint density at radius 3 is 2.60 bits per heavy atom. The van der Waals surface area contributed by atoms with Crippen molar-refractivity contribution in [3.05, 3.63) is 33.8 Å². The highest BCUT2D eigenvalue weighted by Gasteiger charge is 2.23. The van der Waals surface area contributed by atoms with Crippen LogP contribution in [-0.4, -0.2) is 32.4 Å². The number of aliphatic imine (C=N–C) groups is 1. The second-order valence-corrected chi connectivity index (χ2v) is 9.33. The van der Waals surface area contributed by atoms with Crippen molar-refractivity contribution >= 4 is 63.0 Å². The SMILES string of the molecule is CC(NC(N)=NCCC1CCS(=O)(=O)CC1)c1ccc(Cl)cc1Cl.I. The molecule has 1 saturated heterocycles. The quantitative estimate of drug-likeness (QED) is 0.352. The molecule has 1 heterocycles. The molecule has 0 aromatic heterocycles. The van der Waals surface area contributed by atoms with Crippen LogP contribution in [0.5, 0.6) is 0 Å². The molecule has 0 spiro atoms. The molecule has 25 heavy (non-hydrogen) atoms. The molecule has 2 rings (SSSR count). The molecule has 5 nitrogen and oxygen atoms in total. The molecule has 0 amide bonds. The van der Waals surface area contributed by atoms with E-state index in [9.17, 15) is 8.42 Å². The van der Waals surface area contributed by atoms with E-state index in [0.29, 0.717) is 40.0 Å². The zero-order valence-corrected chi connectivity index (χ0v) is 18.7. The average molecular weight is 520 g/mol. The maximum Gasteiger partial charge on any atom is 0.189 e. The Bertz CT molecular complexity index is 699. The number of hydrogen-bond acceptors (Lipinski definition) is 3. The Balaban J connectivity index is 0.00000312. The summed E-state index contributed by atoms with van der Waals surface area (Å²) in [6, 6.07) is 5.25. The Kier molecular flexibility index (Phi) is 9.28. The first kappa shape index (κ1) is 22.8. The molecule has 1 aromatic rings. The number of nitrogens with one attached hydrogen (secondary N) is 1. The lowest BCUT2D eigenvalue weighted by Gasteiger charge is -2.21. The van der Waals surface area contributed by atoms with Gasteiger partial charge in [-0.2, -0.15) is 0 Å². The summed E-state index contributed by atoms with van der Waals surface area (Å²) in [5.74, 6) is 1.35. The summed E-state index contributed by atoms with van der Waals surface area (Å²) in [6.45, 7) is 2.54. The van der Waals surface area contributed by atoms with Crippen LogP contribution in [0, 0.1) is 5.92 Å². The highest BCUT2D eigenvalue weighted by molar-refractivity contribution is 14.0. The molecule has 9 heteroatoms. The summed E-state index contributed by atoms with van der Waals surface area (Å²) in [6.07, 6.45) is 2.30. The topological polar surface area (TPSA) is 84.5 Å². The molecular formula is C16H24Cl2IN3O2S. The van der Waals surface area contributed by atoms with Crippen molar-refractivity contribution < 1.29 is 8.42 Å². The van der Waals surface area contributed by atoms with Crippen molar-refractivity contribution in [3.8, 4) is 0 Å². The summed E-state index contributed by atoms with van der Waals surface area (Å²) in [5.41, 5.74) is 6.82. The number of nitrogens with two attached hydrogens (primary N) is 1. The maximum atomic E-state index is 11.4. The minimum atomic E-state index is -2.81. The number of hydrogen-bond donors (Lipinski definition) is 2. The molecule has 0 saturated carbocycles. The molecule has 142 valence electrons. The first-order valence-electron chi connectivity index (χ1n) is 7.98. The standard InChI is InChI=1S/C16H23Cl2N3O2S.HI/c1-11(14-3-2-13(17)10-15(14)18)21-16(19)20-7-4-12-5-8-24(22,23)9-6-12;/h2-3,10-12H,4-9H2,1H3,(H3,19,20,21);1H. The Morgan fingerprint density at radius 2 is 2.00 bits per heavy atom. The lowest BCUT2D eigenvalue weighted by Crippen LogP contribution is -2.34. The fourth-order valence-electron chi connectivity index (χ4n) is 2.79. The van der Waals surface area contributed by atoms with Gasteiger partial charge in [0.2, 0.25) is 0 Å². The molecule has 1 fully saturated rings. The third kappa shape index (κ3) is 7.48. The van der Waals surface area contributed by atoms with Crippen LogP contribution in [0.1, 0.15) is 37.8 Å². The van der Waals surface area contributed by atoms with Crippen molar-refractivity contribution in [1.29, 1.82) is 0 Å². The number of nitrogens with zero attached hydrogens (tertiary/aromatic N) is 1. The first-order chi connectivity index (χ1) is 11.3. The maximum absolute atomic E-state index is 11.4. The smallest absolute Gasteiger partial charge is 0.189 e. The molecule has 0 aliphatic carbocycles. The molecule has 3 N–H and O–H groups in total. The predicted octanol–water partition coefficient (Wildman–Crippen LogP) is 3.79. The fraction of sp³-hybridized carbons (Fsp3) is 0.562. The van der Waals surface area contributed by atoms with Gasteiger partial charge in [0.25, 0.3) is 0 Å². The fourth-order valence-corrected chi connectivity index (χ4v) is 4.95. The summed E-state index contributed by atoms with van der Waals surface area (Å²) in [7, 11) is -2.81. The second-order valence-electron chi connectivity index (χ2n) is 6.18. The van der Waals surface area contributed by atoms with Crippen LogP contribution < -0.4 is 11.1 Å². The number of sulfone groups is 1. The van der Waals surface area contributed by atoms with Gasteiger partial charge in [0.05, 0.1) is 17.5 Å². The molecule has 1 atom stereocenters. The van der Waals surface area contributed by atoms with E-state index in [-0.39, 0.29) is 30.0 Å². The highest BCUT2D eigenvalue weighted by atomic mass is 127. The largest absolute Gasteiger partial charge is 0.370 e. The number of guanidine groups is 1. The van der Waals surface area contributed by atoms with E-state index < -0.39 is 9.84 Å². The molecule has 1 unspecified atom stereocenters. The zero-order chi connectivity index (χ0) is 17.7. The summed E-state index contributed by atoms with van der Waals surface area (Å²) in [5, 5.41) is 4.28. The molecular weight excluding hydrogens is 496 g/mol. The first-order valence-corrected chi connectivity index (χ1v) is 10.6. The monoisotopic (exact) mass is 519 g/mol. The van der Waals surface area contributed by atoms with Crippen molar-refractivity contribution in [2.24, 2.45) is 16.6 Å². The van der Waals surface area contributed by atoms with E-state index in [1.54, 1.807) is 12.1 Å². The van der Waals surface area contributed by atoms with Crippen molar-refractivity contribution in [2.75, 3.05) is 18.1 Å². The molecule has 0 bridgehead atoms. The molecule has 1 aromatic carbocycles. The summed E-state index contributed by atoms with van der Waals surface area (Å²) in [4.78, 5) is 4.33. The van der Waals surface area contributed by atoms with E-state index in [1.165, 1.54) is 0 Å². The van der Waals surface area contributed by atoms with Crippen LogP contribution in [-0.2, 0) is 9.84 Å². The van der Waals surface area contributed by atoms with Gasteiger partial charge in [-0.1, -0.05) is 29.3 Å². The van der Waals surface area contributed by atoms with Crippen LogP contribution in [0.3, 0.4) is 0 Å². The van der Waals surface area contributed by atoms with Gasteiger partial charge in [0.15, 0.2) is 5.96 Å². The van der Waals surface area contributed by atoms with Gasteiger partial charge in [-0.15, -0.1) is 24.0 Å². The Morgan fingerprint density at radius 1 is 1.36 bits per heavy atom. The van der Waals surface area contributed by atoms with Gasteiger partial charge in [-0.25, -0.2) is 8.42 Å². The van der Waals surface area contributed by atoms with Crippen LogP contribution in [0.4, 0.5) is 0 Å². The normalized spacial score (nSPS) is 19.1. The van der Waals surface area contributed by atoms with Gasteiger partial charge in [-0.05, 0) is 49.8 Å². The van der Waals surface area contributed by atoms with Crippen LogP contribution in [0.15, 0.2) is 23.2 Å². The van der Waals surface area contributed by atoms with E-state index in [2.05, 4.69) is 10.3 Å². The van der Waals surface area contributed by atoms with Gasteiger partial charge in [0.1, 0.15) is 9.84 Å². The van der Waals surface area contributed by atoms with Gasteiger partial charge in [-0.3, -0.25) is 4.99 Å². The van der Waals surface area contributed by atoms with Crippen molar-refractivity contribution in [3.63, 3.8) is 0 Å². The third-order valence-corrected chi connectivity index (χ3v) is 6.56. The minimum absolute atomic E-state index is 0. The lowest BCUT2D eigenvalue weighted by molar-refractivity contribution is 0.441. The zero-order valence-electron chi connectivity index (χ0n) is 14.0. The average Bonchev–Trinajstić information content (AvgIpc) is 2.48. The van der Waals surface area contributed by atoms with Crippen LogP contribution in [0.25, 0.3) is 0 Å². The van der Waals surface area contributed by atoms with E-state index in [4.69, 9.17) is 28.9 Å². The van der Waals surface area contributed by atoms with Crippen molar-refractivity contribution in [2.45, 2.75) is 32.2 Å².